The fourth-order valence-electron chi connectivity index (χ4n) is 3.16. The maximum Gasteiger partial charge on any atom is 0.256 e. The summed E-state index contributed by atoms with van der Waals surface area (Å²) in [6.45, 7) is 4.04. The molecule has 2 heterocycles. The first-order valence-electron chi connectivity index (χ1n) is 8.49. The SMILES string of the molecule is Cc1c(Cl)ccc2sc(N3CCN(C(=O)c4ccc(F)cc4F)CC3)nc12. The molecule has 4 nitrogen and oxygen atoms in total. The highest BCUT2D eigenvalue weighted by atomic mass is 35.5. The number of hydrogen-bond donors (Lipinski definition) is 0. The minimum Gasteiger partial charge on any atom is -0.345 e. The number of anilines is 1. The Morgan fingerprint density at radius 3 is 2.59 bits per heavy atom. The molecule has 140 valence electrons. The summed E-state index contributed by atoms with van der Waals surface area (Å²) < 4.78 is 28.0. The number of thiazole rings is 1. The van der Waals surface area contributed by atoms with Crippen LogP contribution in [0.5, 0.6) is 0 Å². The molecule has 0 atom stereocenters. The number of carbonyl (C=O) groups excluding carboxylic acids is 1. The van der Waals surface area contributed by atoms with Crippen molar-refractivity contribution in [2.45, 2.75) is 6.92 Å². The minimum atomic E-state index is -0.832. The van der Waals surface area contributed by atoms with Crippen LogP contribution >= 0.6 is 22.9 Å². The summed E-state index contributed by atoms with van der Waals surface area (Å²) in [5, 5.41) is 1.58. The Hall–Kier alpha value is -2.25. The van der Waals surface area contributed by atoms with Crippen LogP contribution in [0.15, 0.2) is 30.3 Å². The Kier molecular flexibility index (Phi) is 4.74. The van der Waals surface area contributed by atoms with Gasteiger partial charge in [0.25, 0.3) is 5.91 Å². The summed E-state index contributed by atoms with van der Waals surface area (Å²) in [6.07, 6.45) is 0. The first-order valence-corrected chi connectivity index (χ1v) is 9.68. The summed E-state index contributed by atoms with van der Waals surface area (Å²) in [5.41, 5.74) is 1.75. The second kappa shape index (κ2) is 7.05. The van der Waals surface area contributed by atoms with Gasteiger partial charge in [-0.25, -0.2) is 13.8 Å². The lowest BCUT2D eigenvalue weighted by Crippen LogP contribution is -2.49. The van der Waals surface area contributed by atoms with Gasteiger partial charge in [0.2, 0.25) is 0 Å². The van der Waals surface area contributed by atoms with Gasteiger partial charge in [-0.15, -0.1) is 0 Å². The molecule has 0 spiro atoms. The molecule has 0 bridgehead atoms. The predicted molar refractivity (Wildman–Crippen MR) is 104 cm³/mol. The van der Waals surface area contributed by atoms with Gasteiger partial charge in [0.15, 0.2) is 5.13 Å². The molecule has 1 aliphatic rings. The van der Waals surface area contributed by atoms with Crippen molar-refractivity contribution < 1.29 is 13.6 Å². The monoisotopic (exact) mass is 407 g/mol. The topological polar surface area (TPSA) is 36.4 Å². The Labute approximate surface area is 164 Å². The second-order valence-electron chi connectivity index (χ2n) is 6.42. The molecule has 1 aromatic heterocycles. The zero-order chi connectivity index (χ0) is 19.1. The van der Waals surface area contributed by atoms with E-state index in [0.29, 0.717) is 31.2 Å². The lowest BCUT2D eigenvalue weighted by molar-refractivity contribution is 0.0742. The molecule has 1 aliphatic heterocycles. The lowest BCUT2D eigenvalue weighted by atomic mass is 10.1. The van der Waals surface area contributed by atoms with Crippen LogP contribution in [0, 0.1) is 18.6 Å². The Balaban J connectivity index is 1.49. The van der Waals surface area contributed by atoms with Crippen molar-refractivity contribution in [3.05, 3.63) is 58.1 Å². The smallest absolute Gasteiger partial charge is 0.256 e. The average molecular weight is 408 g/mol. The van der Waals surface area contributed by atoms with Crippen molar-refractivity contribution in [2.24, 2.45) is 0 Å². The molecule has 0 saturated carbocycles. The van der Waals surface area contributed by atoms with Crippen molar-refractivity contribution in [3.63, 3.8) is 0 Å². The van der Waals surface area contributed by atoms with E-state index in [1.54, 1.807) is 16.2 Å². The third-order valence-corrected chi connectivity index (χ3v) is 6.23. The van der Waals surface area contributed by atoms with Gasteiger partial charge < -0.3 is 9.80 Å². The second-order valence-corrected chi connectivity index (χ2v) is 7.84. The van der Waals surface area contributed by atoms with Crippen molar-refractivity contribution in [2.75, 3.05) is 31.1 Å². The van der Waals surface area contributed by atoms with E-state index in [2.05, 4.69) is 4.90 Å². The summed E-state index contributed by atoms with van der Waals surface area (Å²) >= 11 is 7.76. The van der Waals surface area contributed by atoms with Gasteiger partial charge in [0, 0.05) is 37.3 Å². The summed E-state index contributed by atoms with van der Waals surface area (Å²) in [7, 11) is 0. The maximum atomic E-state index is 13.9. The number of halogens is 3. The molecule has 2 aromatic carbocycles. The highest BCUT2D eigenvalue weighted by Crippen LogP contribution is 2.33. The molecule has 0 aliphatic carbocycles. The molecule has 27 heavy (non-hydrogen) atoms. The molecule has 1 saturated heterocycles. The molecule has 0 N–H and O–H groups in total. The van der Waals surface area contributed by atoms with E-state index < -0.39 is 17.5 Å². The van der Waals surface area contributed by atoms with E-state index >= 15 is 0 Å². The number of nitrogens with zero attached hydrogens (tertiary/aromatic N) is 3. The fraction of sp³-hybridized carbons (Fsp3) is 0.263. The highest BCUT2D eigenvalue weighted by Gasteiger charge is 2.26. The normalized spacial score (nSPS) is 14.8. The number of amides is 1. The number of carbonyl (C=O) groups is 1. The largest absolute Gasteiger partial charge is 0.345 e. The predicted octanol–water partition coefficient (Wildman–Crippen LogP) is 4.50. The maximum absolute atomic E-state index is 13.9. The van der Waals surface area contributed by atoms with Gasteiger partial charge in [-0.2, -0.15) is 0 Å². The number of piperazine rings is 1. The molecule has 0 radical (unpaired) electrons. The number of aromatic nitrogens is 1. The average Bonchev–Trinajstić information content (AvgIpc) is 3.09. The molecule has 8 heteroatoms. The minimum absolute atomic E-state index is 0.102. The van der Waals surface area contributed by atoms with Crippen molar-refractivity contribution in [1.29, 1.82) is 0 Å². The fourth-order valence-corrected chi connectivity index (χ4v) is 4.39. The number of aryl methyl sites for hydroxylation is 1. The lowest BCUT2D eigenvalue weighted by Gasteiger charge is -2.34. The first-order chi connectivity index (χ1) is 12.9. The van der Waals surface area contributed by atoms with E-state index in [9.17, 15) is 13.6 Å². The van der Waals surface area contributed by atoms with Crippen LogP contribution in [-0.4, -0.2) is 42.0 Å². The zero-order valence-corrected chi connectivity index (χ0v) is 16.1. The quantitative estimate of drug-likeness (QED) is 0.627. The third kappa shape index (κ3) is 3.37. The van der Waals surface area contributed by atoms with E-state index in [1.165, 1.54) is 6.07 Å². The van der Waals surface area contributed by atoms with Gasteiger partial charge >= 0.3 is 0 Å². The van der Waals surface area contributed by atoms with Crippen LogP contribution in [0.25, 0.3) is 10.2 Å². The summed E-state index contributed by atoms with van der Waals surface area (Å²) in [5.74, 6) is -1.94. The van der Waals surface area contributed by atoms with Gasteiger partial charge in [-0.3, -0.25) is 4.79 Å². The molecular formula is C19H16ClF2N3OS. The molecule has 1 amide bonds. The number of benzene rings is 2. The number of fused-ring (bicyclic) bond motifs is 1. The summed E-state index contributed by atoms with van der Waals surface area (Å²) in [4.78, 5) is 20.9. The Bertz CT molecular complexity index is 1030. The number of hydrogen-bond acceptors (Lipinski definition) is 4. The van der Waals surface area contributed by atoms with Crippen molar-refractivity contribution in [3.8, 4) is 0 Å². The van der Waals surface area contributed by atoms with Gasteiger partial charge in [0.1, 0.15) is 11.6 Å². The molecule has 3 aromatic rings. The van der Waals surface area contributed by atoms with Crippen LogP contribution < -0.4 is 4.90 Å². The third-order valence-electron chi connectivity index (χ3n) is 4.74. The van der Waals surface area contributed by atoms with Crippen LogP contribution in [-0.2, 0) is 0 Å². The van der Waals surface area contributed by atoms with Gasteiger partial charge in [-0.1, -0.05) is 22.9 Å². The molecule has 1 fully saturated rings. The first kappa shape index (κ1) is 18.1. The Morgan fingerprint density at radius 1 is 1.15 bits per heavy atom. The molecule has 0 unspecified atom stereocenters. The Morgan fingerprint density at radius 2 is 1.89 bits per heavy atom. The van der Waals surface area contributed by atoms with E-state index in [-0.39, 0.29) is 5.56 Å². The van der Waals surface area contributed by atoms with Gasteiger partial charge in [-0.05, 0) is 36.8 Å². The zero-order valence-electron chi connectivity index (χ0n) is 14.5. The standard InChI is InChI=1S/C19H16ClF2N3OS/c1-11-14(20)4-5-16-17(11)23-19(27-16)25-8-6-24(7-9-25)18(26)13-3-2-12(21)10-15(13)22/h2-5,10H,6-9H2,1H3. The van der Waals surface area contributed by atoms with Crippen LogP contribution in [0.2, 0.25) is 5.02 Å². The van der Waals surface area contributed by atoms with Crippen LogP contribution in [0.3, 0.4) is 0 Å². The molecular weight excluding hydrogens is 392 g/mol. The highest BCUT2D eigenvalue weighted by molar-refractivity contribution is 7.22. The van der Waals surface area contributed by atoms with Gasteiger partial charge in [0.05, 0.1) is 15.8 Å². The number of rotatable bonds is 2. The van der Waals surface area contributed by atoms with Crippen LogP contribution in [0.4, 0.5) is 13.9 Å². The van der Waals surface area contributed by atoms with Crippen molar-refractivity contribution >= 4 is 44.2 Å². The van der Waals surface area contributed by atoms with E-state index in [4.69, 9.17) is 16.6 Å². The molecule has 4 rings (SSSR count). The van der Waals surface area contributed by atoms with E-state index in [1.807, 2.05) is 19.1 Å². The van der Waals surface area contributed by atoms with Crippen LogP contribution in [0.1, 0.15) is 15.9 Å². The van der Waals surface area contributed by atoms with Crippen molar-refractivity contribution in [1.82, 2.24) is 9.88 Å². The summed E-state index contributed by atoms with van der Waals surface area (Å²) in [6, 6.07) is 6.86. The van der Waals surface area contributed by atoms with E-state index in [0.717, 1.165) is 33.0 Å².